The molecular weight excluding hydrogens is 368 g/mol. The van der Waals surface area contributed by atoms with Crippen LogP contribution in [0.2, 0.25) is 0 Å². The summed E-state index contributed by atoms with van der Waals surface area (Å²) in [6, 6.07) is 11.7. The minimum Gasteiger partial charge on any atom is -0.450 e. The van der Waals surface area contributed by atoms with Gasteiger partial charge in [0.05, 0.1) is 6.61 Å². The molecular formula is C22H28N4O3. The first-order chi connectivity index (χ1) is 14.1. The van der Waals surface area contributed by atoms with E-state index >= 15 is 0 Å². The van der Waals surface area contributed by atoms with Crippen molar-refractivity contribution in [3.8, 4) is 0 Å². The Morgan fingerprint density at radius 1 is 1.21 bits per heavy atom. The van der Waals surface area contributed by atoms with Crippen LogP contribution in [-0.2, 0) is 11.3 Å². The second kappa shape index (κ2) is 9.91. The van der Waals surface area contributed by atoms with Gasteiger partial charge in [-0.2, -0.15) is 0 Å². The van der Waals surface area contributed by atoms with E-state index in [-0.39, 0.29) is 18.0 Å². The molecule has 3 rings (SSSR count). The van der Waals surface area contributed by atoms with Crippen LogP contribution < -0.4 is 10.6 Å². The number of carbonyl (C=O) groups excluding carboxylic acids is 2. The maximum absolute atomic E-state index is 12.6. The number of nitrogens with zero attached hydrogens (tertiary/aromatic N) is 2. The molecule has 2 aromatic rings. The number of likely N-dealkylation sites (tertiary alicyclic amines) is 1. The number of aryl methyl sites for hydroxylation is 1. The van der Waals surface area contributed by atoms with Gasteiger partial charge in [0.1, 0.15) is 5.82 Å². The molecule has 7 nitrogen and oxygen atoms in total. The van der Waals surface area contributed by atoms with Crippen molar-refractivity contribution in [2.45, 2.75) is 39.3 Å². The number of nitrogens with one attached hydrogen (secondary N) is 2. The van der Waals surface area contributed by atoms with Crippen LogP contribution in [0.25, 0.3) is 0 Å². The highest BCUT2D eigenvalue weighted by Crippen LogP contribution is 2.14. The van der Waals surface area contributed by atoms with E-state index in [1.54, 1.807) is 30.2 Å². The predicted octanol–water partition coefficient (Wildman–Crippen LogP) is 3.35. The molecule has 0 bridgehead atoms. The van der Waals surface area contributed by atoms with Crippen LogP contribution in [0.5, 0.6) is 0 Å². The molecule has 1 fully saturated rings. The lowest BCUT2D eigenvalue weighted by atomic mass is 10.0. The summed E-state index contributed by atoms with van der Waals surface area (Å²) in [5, 5.41) is 6.35. The van der Waals surface area contributed by atoms with E-state index in [9.17, 15) is 9.59 Å². The number of amides is 2. The lowest BCUT2D eigenvalue weighted by Gasteiger charge is -2.31. The van der Waals surface area contributed by atoms with E-state index in [2.05, 4.69) is 34.7 Å². The van der Waals surface area contributed by atoms with Crippen LogP contribution in [0.3, 0.4) is 0 Å². The first kappa shape index (κ1) is 20.6. The zero-order valence-electron chi connectivity index (χ0n) is 17.0. The molecule has 0 atom stereocenters. The SMILES string of the molecule is CCOC(=O)N1CCC(NC(=O)c2ccnc(NCc3ccccc3C)c2)CC1. The molecule has 2 heterocycles. The van der Waals surface area contributed by atoms with Gasteiger partial charge in [0.25, 0.3) is 5.91 Å². The molecule has 0 radical (unpaired) electrons. The van der Waals surface area contributed by atoms with Gasteiger partial charge >= 0.3 is 6.09 Å². The number of pyridine rings is 1. The Morgan fingerprint density at radius 3 is 2.69 bits per heavy atom. The number of rotatable bonds is 6. The Balaban J connectivity index is 1.52. The summed E-state index contributed by atoms with van der Waals surface area (Å²) in [5.41, 5.74) is 2.97. The number of piperidine rings is 1. The third-order valence-electron chi connectivity index (χ3n) is 5.10. The molecule has 7 heteroatoms. The quantitative estimate of drug-likeness (QED) is 0.782. The summed E-state index contributed by atoms with van der Waals surface area (Å²) in [5.74, 6) is 0.541. The normalized spacial score (nSPS) is 14.3. The van der Waals surface area contributed by atoms with Gasteiger partial charge in [-0.3, -0.25) is 4.79 Å². The van der Waals surface area contributed by atoms with Crippen molar-refractivity contribution in [2.24, 2.45) is 0 Å². The standard InChI is InChI=1S/C22H28N4O3/c1-3-29-22(28)26-12-9-19(10-13-26)25-21(27)17-8-11-23-20(14-17)24-15-18-7-5-4-6-16(18)2/h4-8,11,14,19H,3,9-10,12-13,15H2,1-2H3,(H,23,24)(H,25,27). The van der Waals surface area contributed by atoms with Gasteiger partial charge in [0.2, 0.25) is 0 Å². The maximum Gasteiger partial charge on any atom is 0.409 e. The minimum atomic E-state index is -0.282. The summed E-state index contributed by atoms with van der Waals surface area (Å²) >= 11 is 0. The molecule has 0 saturated carbocycles. The van der Waals surface area contributed by atoms with Gasteiger partial charge in [-0.05, 0) is 49.9 Å². The van der Waals surface area contributed by atoms with Gasteiger partial charge < -0.3 is 20.3 Å². The van der Waals surface area contributed by atoms with Crippen molar-refractivity contribution in [3.63, 3.8) is 0 Å². The fourth-order valence-electron chi connectivity index (χ4n) is 3.35. The van der Waals surface area contributed by atoms with Crippen LogP contribution in [0.4, 0.5) is 10.6 Å². The number of anilines is 1. The predicted molar refractivity (Wildman–Crippen MR) is 112 cm³/mol. The van der Waals surface area contributed by atoms with E-state index in [0.717, 1.165) is 0 Å². The lowest BCUT2D eigenvalue weighted by molar-refractivity contribution is 0.0860. The molecule has 1 aromatic heterocycles. The Labute approximate surface area is 171 Å². The van der Waals surface area contributed by atoms with Crippen molar-refractivity contribution in [1.29, 1.82) is 0 Å². The number of benzene rings is 1. The van der Waals surface area contributed by atoms with Gasteiger partial charge in [0.15, 0.2) is 0 Å². The van der Waals surface area contributed by atoms with Crippen molar-refractivity contribution in [1.82, 2.24) is 15.2 Å². The van der Waals surface area contributed by atoms with Gasteiger partial charge in [-0.25, -0.2) is 9.78 Å². The van der Waals surface area contributed by atoms with E-state index in [4.69, 9.17) is 4.74 Å². The fraction of sp³-hybridized carbons (Fsp3) is 0.409. The Morgan fingerprint density at radius 2 is 1.97 bits per heavy atom. The van der Waals surface area contributed by atoms with Gasteiger partial charge in [0, 0.05) is 37.4 Å². The zero-order chi connectivity index (χ0) is 20.6. The largest absolute Gasteiger partial charge is 0.450 e. The maximum atomic E-state index is 12.6. The monoisotopic (exact) mass is 396 g/mol. The fourth-order valence-corrected chi connectivity index (χ4v) is 3.35. The van der Waals surface area contributed by atoms with Crippen LogP contribution in [0, 0.1) is 6.92 Å². The molecule has 2 N–H and O–H groups in total. The third-order valence-corrected chi connectivity index (χ3v) is 5.10. The third kappa shape index (κ3) is 5.70. The van der Waals surface area contributed by atoms with Gasteiger partial charge in [-0.1, -0.05) is 24.3 Å². The number of carbonyl (C=O) groups is 2. The van der Waals surface area contributed by atoms with Crippen LogP contribution in [0.1, 0.15) is 41.3 Å². The molecule has 0 unspecified atom stereocenters. The van der Waals surface area contributed by atoms with Crippen LogP contribution in [0.15, 0.2) is 42.6 Å². The molecule has 1 aromatic carbocycles. The first-order valence-corrected chi connectivity index (χ1v) is 10.0. The number of ether oxygens (including phenoxy) is 1. The van der Waals surface area contributed by atoms with E-state index < -0.39 is 0 Å². The average Bonchev–Trinajstić information content (AvgIpc) is 2.74. The zero-order valence-corrected chi connectivity index (χ0v) is 17.0. The second-order valence-electron chi connectivity index (χ2n) is 7.14. The average molecular weight is 396 g/mol. The van der Waals surface area contributed by atoms with E-state index in [1.165, 1.54) is 11.1 Å². The lowest BCUT2D eigenvalue weighted by Crippen LogP contribution is -2.46. The second-order valence-corrected chi connectivity index (χ2v) is 7.14. The molecule has 1 aliphatic heterocycles. The Kier molecular flexibility index (Phi) is 7.05. The summed E-state index contributed by atoms with van der Waals surface area (Å²) in [4.78, 5) is 30.4. The molecule has 2 amide bonds. The first-order valence-electron chi connectivity index (χ1n) is 10.0. The van der Waals surface area contributed by atoms with Crippen molar-refractivity contribution in [2.75, 3.05) is 25.0 Å². The number of hydrogen-bond donors (Lipinski definition) is 2. The Hall–Kier alpha value is -3.09. The summed E-state index contributed by atoms with van der Waals surface area (Å²) in [7, 11) is 0. The molecule has 0 aliphatic carbocycles. The highest BCUT2D eigenvalue weighted by molar-refractivity contribution is 5.95. The number of hydrogen-bond acceptors (Lipinski definition) is 5. The van der Waals surface area contributed by atoms with E-state index in [1.807, 2.05) is 12.1 Å². The van der Waals surface area contributed by atoms with E-state index in [0.29, 0.717) is 50.5 Å². The van der Waals surface area contributed by atoms with Crippen molar-refractivity contribution in [3.05, 3.63) is 59.3 Å². The summed E-state index contributed by atoms with van der Waals surface area (Å²) in [6.07, 6.45) is 2.79. The van der Waals surface area contributed by atoms with Crippen molar-refractivity contribution < 1.29 is 14.3 Å². The highest BCUT2D eigenvalue weighted by atomic mass is 16.6. The number of aromatic nitrogens is 1. The minimum absolute atomic E-state index is 0.0460. The smallest absolute Gasteiger partial charge is 0.409 e. The molecule has 29 heavy (non-hydrogen) atoms. The van der Waals surface area contributed by atoms with Crippen molar-refractivity contribution >= 4 is 17.8 Å². The van der Waals surface area contributed by atoms with Crippen LogP contribution in [-0.4, -0.2) is 47.6 Å². The van der Waals surface area contributed by atoms with Gasteiger partial charge in [-0.15, -0.1) is 0 Å². The highest BCUT2D eigenvalue weighted by Gasteiger charge is 2.24. The Bertz CT molecular complexity index is 847. The summed E-state index contributed by atoms with van der Waals surface area (Å²) in [6.45, 7) is 6.06. The molecule has 1 saturated heterocycles. The molecule has 154 valence electrons. The summed E-state index contributed by atoms with van der Waals surface area (Å²) < 4.78 is 5.03. The topological polar surface area (TPSA) is 83.6 Å². The molecule has 1 aliphatic rings. The molecule has 0 spiro atoms. The van der Waals surface area contributed by atoms with Crippen LogP contribution >= 0.6 is 0 Å².